The van der Waals surface area contributed by atoms with Gasteiger partial charge in [0.2, 0.25) is 0 Å². The highest BCUT2D eigenvalue weighted by atomic mass is 32.1. The van der Waals surface area contributed by atoms with Crippen molar-refractivity contribution in [3.05, 3.63) is 16.3 Å². The van der Waals surface area contributed by atoms with Crippen molar-refractivity contribution in [1.82, 2.24) is 0 Å². The minimum atomic E-state index is 1.26. The zero-order chi connectivity index (χ0) is 8.39. The molecule has 1 saturated heterocycles. The van der Waals surface area contributed by atoms with Gasteiger partial charge < -0.3 is 4.90 Å². The first-order valence-electron chi connectivity index (χ1n) is 4.66. The molecule has 12 heavy (non-hydrogen) atoms. The van der Waals surface area contributed by atoms with Crippen molar-refractivity contribution in [1.29, 1.82) is 0 Å². The van der Waals surface area contributed by atoms with Crippen LogP contribution in [0.5, 0.6) is 0 Å². The largest absolute Gasteiger partial charge is 0.371 e. The Balaban J connectivity index is 2.08. The van der Waals surface area contributed by atoms with Crippen molar-refractivity contribution in [2.24, 2.45) is 0 Å². The summed E-state index contributed by atoms with van der Waals surface area (Å²) in [7, 11) is 0. The Morgan fingerprint density at radius 1 is 1.25 bits per heavy atom. The van der Waals surface area contributed by atoms with Crippen molar-refractivity contribution in [2.75, 3.05) is 18.0 Å². The minimum absolute atomic E-state index is 1.26. The summed E-state index contributed by atoms with van der Waals surface area (Å²) in [6, 6.07) is 2.30. The molecule has 66 valence electrons. The Bertz CT molecular complexity index is 248. The normalized spacial score (nSPS) is 18.2. The van der Waals surface area contributed by atoms with E-state index in [-0.39, 0.29) is 0 Å². The monoisotopic (exact) mass is 181 g/mol. The maximum absolute atomic E-state index is 2.51. The number of rotatable bonds is 1. The van der Waals surface area contributed by atoms with Crippen LogP contribution < -0.4 is 4.90 Å². The van der Waals surface area contributed by atoms with Gasteiger partial charge in [-0.05, 0) is 32.3 Å². The molecule has 0 radical (unpaired) electrons. The van der Waals surface area contributed by atoms with Gasteiger partial charge >= 0.3 is 0 Å². The van der Waals surface area contributed by atoms with Crippen LogP contribution in [0.4, 0.5) is 5.69 Å². The Morgan fingerprint density at radius 2 is 2.00 bits per heavy atom. The van der Waals surface area contributed by atoms with Crippen LogP contribution in [0, 0.1) is 6.92 Å². The molecular weight excluding hydrogens is 166 g/mol. The SMILES string of the molecule is Cc1cc(N2CCCCC2)cs1. The van der Waals surface area contributed by atoms with E-state index < -0.39 is 0 Å². The standard InChI is InChI=1S/C10H15NS/c1-9-7-10(8-12-9)11-5-3-2-4-6-11/h7-8H,2-6H2,1H3. The molecule has 2 rings (SSSR count). The van der Waals surface area contributed by atoms with E-state index in [0.29, 0.717) is 0 Å². The van der Waals surface area contributed by atoms with Crippen molar-refractivity contribution in [2.45, 2.75) is 26.2 Å². The van der Waals surface area contributed by atoms with Crippen LogP contribution in [0.15, 0.2) is 11.4 Å². The van der Waals surface area contributed by atoms with Gasteiger partial charge in [-0.1, -0.05) is 0 Å². The van der Waals surface area contributed by atoms with Gasteiger partial charge in [0.25, 0.3) is 0 Å². The number of hydrogen-bond acceptors (Lipinski definition) is 2. The van der Waals surface area contributed by atoms with Crippen LogP contribution in [0.3, 0.4) is 0 Å². The van der Waals surface area contributed by atoms with Gasteiger partial charge in [-0.25, -0.2) is 0 Å². The second kappa shape index (κ2) is 3.48. The third-order valence-corrected chi connectivity index (χ3v) is 3.29. The molecule has 0 aromatic carbocycles. The molecule has 0 atom stereocenters. The Labute approximate surface area is 78.0 Å². The lowest BCUT2D eigenvalue weighted by atomic mass is 10.1. The van der Waals surface area contributed by atoms with Crippen molar-refractivity contribution >= 4 is 17.0 Å². The first kappa shape index (κ1) is 8.11. The van der Waals surface area contributed by atoms with Crippen LogP contribution in [-0.2, 0) is 0 Å². The molecule has 1 aromatic rings. The fraction of sp³-hybridized carbons (Fsp3) is 0.600. The molecular formula is C10H15NS. The predicted octanol–water partition coefficient (Wildman–Crippen LogP) is 3.05. The lowest BCUT2D eigenvalue weighted by Crippen LogP contribution is -2.28. The molecule has 1 aliphatic heterocycles. The maximum Gasteiger partial charge on any atom is 0.0477 e. The molecule has 1 fully saturated rings. The smallest absolute Gasteiger partial charge is 0.0477 e. The van der Waals surface area contributed by atoms with E-state index in [1.807, 2.05) is 11.3 Å². The third kappa shape index (κ3) is 1.63. The second-order valence-corrected chi connectivity index (χ2v) is 4.58. The summed E-state index contributed by atoms with van der Waals surface area (Å²) in [5, 5.41) is 2.28. The number of anilines is 1. The summed E-state index contributed by atoms with van der Waals surface area (Å²) in [5.41, 5.74) is 1.44. The zero-order valence-corrected chi connectivity index (χ0v) is 8.36. The van der Waals surface area contributed by atoms with E-state index in [9.17, 15) is 0 Å². The van der Waals surface area contributed by atoms with Crippen LogP contribution in [0.2, 0.25) is 0 Å². The number of nitrogens with zero attached hydrogens (tertiary/aromatic N) is 1. The predicted molar refractivity (Wildman–Crippen MR) is 55.1 cm³/mol. The van der Waals surface area contributed by atoms with Crippen molar-refractivity contribution in [3.63, 3.8) is 0 Å². The molecule has 0 spiro atoms. The number of aryl methyl sites for hydroxylation is 1. The quantitative estimate of drug-likeness (QED) is 0.643. The molecule has 2 heteroatoms. The fourth-order valence-electron chi connectivity index (χ4n) is 1.75. The van der Waals surface area contributed by atoms with E-state index in [1.54, 1.807) is 0 Å². The summed E-state index contributed by atoms with van der Waals surface area (Å²) in [5.74, 6) is 0. The lowest BCUT2D eigenvalue weighted by molar-refractivity contribution is 0.578. The Morgan fingerprint density at radius 3 is 2.58 bits per heavy atom. The molecule has 1 nitrogen and oxygen atoms in total. The van der Waals surface area contributed by atoms with Gasteiger partial charge in [0.05, 0.1) is 0 Å². The van der Waals surface area contributed by atoms with E-state index in [1.165, 1.54) is 42.9 Å². The highest BCUT2D eigenvalue weighted by Crippen LogP contribution is 2.24. The van der Waals surface area contributed by atoms with E-state index >= 15 is 0 Å². The maximum atomic E-state index is 2.51. The summed E-state index contributed by atoms with van der Waals surface area (Å²) in [6.07, 6.45) is 4.16. The topological polar surface area (TPSA) is 3.24 Å². The highest BCUT2D eigenvalue weighted by Gasteiger charge is 2.11. The highest BCUT2D eigenvalue weighted by molar-refractivity contribution is 7.10. The third-order valence-electron chi connectivity index (χ3n) is 2.44. The molecule has 0 bridgehead atoms. The van der Waals surface area contributed by atoms with Gasteiger partial charge in [0.1, 0.15) is 0 Å². The molecule has 0 saturated carbocycles. The molecule has 0 aliphatic carbocycles. The summed E-state index contributed by atoms with van der Waals surface area (Å²) >= 11 is 1.86. The summed E-state index contributed by atoms with van der Waals surface area (Å²) in [6.45, 7) is 4.70. The molecule has 1 aliphatic rings. The number of thiophene rings is 1. The van der Waals surface area contributed by atoms with Crippen LogP contribution in [-0.4, -0.2) is 13.1 Å². The minimum Gasteiger partial charge on any atom is -0.371 e. The average Bonchev–Trinajstić information content (AvgIpc) is 2.54. The van der Waals surface area contributed by atoms with Crippen molar-refractivity contribution in [3.8, 4) is 0 Å². The van der Waals surface area contributed by atoms with Crippen LogP contribution >= 0.6 is 11.3 Å². The number of hydrogen-bond donors (Lipinski definition) is 0. The number of piperidine rings is 1. The van der Waals surface area contributed by atoms with Crippen LogP contribution in [0.25, 0.3) is 0 Å². The summed E-state index contributed by atoms with van der Waals surface area (Å²) in [4.78, 5) is 3.93. The zero-order valence-electron chi connectivity index (χ0n) is 7.55. The Kier molecular flexibility index (Phi) is 2.35. The summed E-state index contributed by atoms with van der Waals surface area (Å²) < 4.78 is 0. The molecule has 0 amide bonds. The first-order chi connectivity index (χ1) is 5.86. The van der Waals surface area contributed by atoms with E-state index in [0.717, 1.165) is 0 Å². The van der Waals surface area contributed by atoms with Crippen molar-refractivity contribution < 1.29 is 0 Å². The molecule has 0 unspecified atom stereocenters. The first-order valence-corrected chi connectivity index (χ1v) is 5.54. The lowest BCUT2D eigenvalue weighted by Gasteiger charge is -2.27. The van der Waals surface area contributed by atoms with E-state index in [4.69, 9.17) is 0 Å². The van der Waals surface area contributed by atoms with E-state index in [2.05, 4.69) is 23.3 Å². The Hall–Kier alpha value is -0.500. The van der Waals surface area contributed by atoms with Crippen LogP contribution in [0.1, 0.15) is 24.1 Å². The van der Waals surface area contributed by atoms with Gasteiger partial charge in [-0.15, -0.1) is 11.3 Å². The average molecular weight is 181 g/mol. The molecule has 2 heterocycles. The molecule has 0 N–H and O–H groups in total. The fourth-order valence-corrected chi connectivity index (χ4v) is 2.46. The van der Waals surface area contributed by atoms with Gasteiger partial charge in [0.15, 0.2) is 0 Å². The van der Waals surface area contributed by atoms with Gasteiger partial charge in [0, 0.05) is 29.0 Å². The van der Waals surface area contributed by atoms with Gasteiger partial charge in [-0.2, -0.15) is 0 Å². The molecule has 1 aromatic heterocycles. The van der Waals surface area contributed by atoms with Gasteiger partial charge in [-0.3, -0.25) is 0 Å². The second-order valence-electron chi connectivity index (χ2n) is 3.46.